The summed E-state index contributed by atoms with van der Waals surface area (Å²) in [6, 6.07) is 0. The first-order chi connectivity index (χ1) is 9.50. The van der Waals surface area contributed by atoms with Crippen LogP contribution < -0.4 is 5.32 Å². The number of nitrogens with zero attached hydrogens (tertiary/aromatic N) is 4. The Hall–Kier alpha value is -2.12. The van der Waals surface area contributed by atoms with Gasteiger partial charge in [-0.3, -0.25) is 14.9 Å². The van der Waals surface area contributed by atoms with Gasteiger partial charge in [0, 0.05) is 20.1 Å². The van der Waals surface area contributed by atoms with Gasteiger partial charge in [0.15, 0.2) is 0 Å². The predicted molar refractivity (Wildman–Crippen MR) is 73.5 cm³/mol. The monoisotopic (exact) mass is 281 g/mol. The summed E-state index contributed by atoms with van der Waals surface area (Å²) in [4.78, 5) is 24.4. The fourth-order valence-corrected chi connectivity index (χ4v) is 2.48. The molecule has 1 N–H and O–H groups in total. The Morgan fingerprint density at radius 3 is 2.65 bits per heavy atom. The number of amides is 1. The number of nitro groups is 1. The highest BCUT2D eigenvalue weighted by Gasteiger charge is 2.25. The van der Waals surface area contributed by atoms with Gasteiger partial charge in [0.1, 0.15) is 5.69 Å². The van der Waals surface area contributed by atoms with Crippen LogP contribution in [0.15, 0.2) is 0 Å². The molecule has 2 rings (SSSR count). The second-order valence-electron chi connectivity index (χ2n) is 4.96. The Labute approximate surface area is 116 Å². The highest BCUT2D eigenvalue weighted by atomic mass is 16.6. The molecule has 0 spiro atoms. The van der Waals surface area contributed by atoms with Gasteiger partial charge in [0.05, 0.1) is 11.5 Å². The number of anilines is 1. The minimum absolute atomic E-state index is 0.0298. The molecule has 1 aromatic heterocycles. The summed E-state index contributed by atoms with van der Waals surface area (Å²) < 4.78 is 1.40. The Bertz CT molecular complexity index is 519. The third-order valence-corrected chi connectivity index (χ3v) is 3.49. The molecule has 2 heterocycles. The molecule has 1 aromatic rings. The van der Waals surface area contributed by atoms with E-state index in [0.29, 0.717) is 5.69 Å². The lowest BCUT2D eigenvalue weighted by Gasteiger charge is -2.26. The lowest BCUT2D eigenvalue weighted by molar-refractivity contribution is -0.384. The lowest BCUT2D eigenvalue weighted by Crippen LogP contribution is -2.39. The van der Waals surface area contributed by atoms with Gasteiger partial charge < -0.3 is 10.2 Å². The maximum atomic E-state index is 12.0. The number of rotatable bonds is 4. The summed E-state index contributed by atoms with van der Waals surface area (Å²) in [7, 11) is 1.62. The van der Waals surface area contributed by atoms with E-state index >= 15 is 0 Å². The molecule has 0 radical (unpaired) electrons. The third kappa shape index (κ3) is 2.89. The van der Waals surface area contributed by atoms with Crippen LogP contribution >= 0.6 is 0 Å². The molecule has 0 bridgehead atoms. The van der Waals surface area contributed by atoms with Crippen LogP contribution in [0.4, 0.5) is 11.5 Å². The Kier molecular flexibility index (Phi) is 4.21. The molecule has 1 aliphatic heterocycles. The third-order valence-electron chi connectivity index (χ3n) is 3.49. The lowest BCUT2D eigenvalue weighted by atomic mass is 10.1. The predicted octanol–water partition coefficient (Wildman–Crippen LogP) is 1.06. The number of likely N-dealkylation sites (tertiary alicyclic amines) is 1. The van der Waals surface area contributed by atoms with Crippen molar-refractivity contribution in [3.8, 4) is 0 Å². The molecule has 0 saturated carbocycles. The Morgan fingerprint density at radius 2 is 2.05 bits per heavy atom. The van der Waals surface area contributed by atoms with Crippen molar-refractivity contribution in [2.45, 2.75) is 26.2 Å². The molecule has 1 amide bonds. The molecule has 8 nitrogen and oxygen atoms in total. The summed E-state index contributed by atoms with van der Waals surface area (Å²) >= 11 is 0. The van der Waals surface area contributed by atoms with Gasteiger partial charge in [0.2, 0.25) is 11.7 Å². The Morgan fingerprint density at radius 1 is 1.40 bits per heavy atom. The van der Waals surface area contributed by atoms with E-state index in [4.69, 9.17) is 0 Å². The largest absolute Gasteiger partial charge is 0.355 e. The number of carbonyl (C=O) groups is 1. The average Bonchev–Trinajstić information content (AvgIpc) is 2.71. The molecule has 0 aromatic carbocycles. The van der Waals surface area contributed by atoms with Crippen molar-refractivity contribution in [3.05, 3.63) is 15.8 Å². The SMILES string of the molecule is Cc1nn(C)c(NCC(=O)N2CCCCC2)c1[N+](=O)[O-]. The second kappa shape index (κ2) is 5.89. The van der Waals surface area contributed by atoms with E-state index in [1.54, 1.807) is 18.9 Å². The highest BCUT2D eigenvalue weighted by molar-refractivity contribution is 5.81. The number of nitrogens with one attached hydrogen (secondary N) is 1. The first-order valence-corrected chi connectivity index (χ1v) is 6.70. The van der Waals surface area contributed by atoms with Crippen LogP contribution in [0.1, 0.15) is 25.0 Å². The topological polar surface area (TPSA) is 93.3 Å². The van der Waals surface area contributed by atoms with Crippen molar-refractivity contribution >= 4 is 17.4 Å². The number of hydrogen-bond donors (Lipinski definition) is 1. The van der Waals surface area contributed by atoms with E-state index in [1.807, 2.05) is 0 Å². The second-order valence-corrected chi connectivity index (χ2v) is 4.96. The van der Waals surface area contributed by atoms with Crippen molar-refractivity contribution in [1.29, 1.82) is 0 Å². The smallest absolute Gasteiger partial charge is 0.333 e. The van der Waals surface area contributed by atoms with Crippen molar-refractivity contribution in [1.82, 2.24) is 14.7 Å². The van der Waals surface area contributed by atoms with Crippen molar-refractivity contribution in [3.63, 3.8) is 0 Å². The molecule has 0 atom stereocenters. The van der Waals surface area contributed by atoms with Crippen LogP contribution in [0.2, 0.25) is 0 Å². The van der Waals surface area contributed by atoms with Gasteiger partial charge in [0.25, 0.3) is 0 Å². The molecular weight excluding hydrogens is 262 g/mol. The quantitative estimate of drug-likeness (QED) is 0.658. The van der Waals surface area contributed by atoms with E-state index < -0.39 is 4.92 Å². The van der Waals surface area contributed by atoms with E-state index in [9.17, 15) is 14.9 Å². The van der Waals surface area contributed by atoms with Gasteiger partial charge in [-0.05, 0) is 26.2 Å². The van der Waals surface area contributed by atoms with E-state index in [-0.39, 0.29) is 24.0 Å². The average molecular weight is 281 g/mol. The summed E-state index contributed by atoms with van der Waals surface area (Å²) in [6.07, 6.45) is 3.21. The molecule has 8 heteroatoms. The van der Waals surface area contributed by atoms with Crippen LogP contribution in [0, 0.1) is 17.0 Å². The van der Waals surface area contributed by atoms with E-state index in [2.05, 4.69) is 10.4 Å². The van der Waals surface area contributed by atoms with Crippen LogP contribution in [-0.2, 0) is 11.8 Å². The van der Waals surface area contributed by atoms with Crippen molar-refractivity contribution in [2.75, 3.05) is 25.0 Å². The Balaban J connectivity index is 2.03. The zero-order valence-corrected chi connectivity index (χ0v) is 11.8. The van der Waals surface area contributed by atoms with E-state index in [0.717, 1.165) is 32.4 Å². The zero-order valence-electron chi connectivity index (χ0n) is 11.8. The summed E-state index contributed by atoms with van der Waals surface area (Å²) in [5.41, 5.74) is 0.268. The van der Waals surface area contributed by atoms with Gasteiger partial charge >= 0.3 is 5.69 Å². The van der Waals surface area contributed by atoms with Gasteiger partial charge in [-0.25, -0.2) is 4.68 Å². The summed E-state index contributed by atoms with van der Waals surface area (Å²) in [5, 5.41) is 17.9. The first kappa shape index (κ1) is 14.3. The van der Waals surface area contributed by atoms with Crippen LogP contribution in [0.3, 0.4) is 0 Å². The van der Waals surface area contributed by atoms with Crippen molar-refractivity contribution in [2.24, 2.45) is 7.05 Å². The van der Waals surface area contributed by atoms with Gasteiger partial charge in [-0.15, -0.1) is 0 Å². The zero-order chi connectivity index (χ0) is 14.7. The number of hydrogen-bond acceptors (Lipinski definition) is 5. The molecule has 110 valence electrons. The molecular formula is C12H19N5O3. The minimum Gasteiger partial charge on any atom is -0.355 e. The number of aromatic nitrogens is 2. The fourth-order valence-electron chi connectivity index (χ4n) is 2.48. The normalized spacial score (nSPS) is 15.2. The molecule has 0 aliphatic carbocycles. The maximum absolute atomic E-state index is 12.0. The fraction of sp³-hybridized carbons (Fsp3) is 0.667. The van der Waals surface area contributed by atoms with Crippen LogP contribution in [0.25, 0.3) is 0 Å². The minimum atomic E-state index is -0.476. The summed E-state index contributed by atoms with van der Waals surface area (Å²) in [6.45, 7) is 3.18. The molecule has 1 aliphatic rings. The molecule has 0 unspecified atom stereocenters. The van der Waals surface area contributed by atoms with E-state index in [1.165, 1.54) is 4.68 Å². The van der Waals surface area contributed by atoms with Crippen LogP contribution in [-0.4, -0.2) is 45.1 Å². The van der Waals surface area contributed by atoms with Crippen LogP contribution in [0.5, 0.6) is 0 Å². The molecule has 1 fully saturated rings. The molecule has 20 heavy (non-hydrogen) atoms. The van der Waals surface area contributed by atoms with Gasteiger partial charge in [-0.2, -0.15) is 5.10 Å². The first-order valence-electron chi connectivity index (χ1n) is 6.70. The number of carbonyl (C=O) groups excluding carboxylic acids is 1. The number of piperidine rings is 1. The summed E-state index contributed by atoms with van der Waals surface area (Å²) in [5.74, 6) is 0.246. The van der Waals surface area contributed by atoms with Gasteiger partial charge in [-0.1, -0.05) is 0 Å². The standard InChI is InChI=1S/C12H19N5O3/c1-9-11(17(19)20)12(15(2)14-9)13-8-10(18)16-6-4-3-5-7-16/h13H,3-8H2,1-2H3. The van der Waals surface area contributed by atoms with Crippen molar-refractivity contribution < 1.29 is 9.72 Å². The highest BCUT2D eigenvalue weighted by Crippen LogP contribution is 2.27. The number of aryl methyl sites for hydroxylation is 2. The molecule has 1 saturated heterocycles. The maximum Gasteiger partial charge on any atom is 0.333 e.